The molecule has 0 aromatic carbocycles. The van der Waals surface area contributed by atoms with Crippen molar-refractivity contribution in [2.24, 2.45) is 5.41 Å². The van der Waals surface area contributed by atoms with Gasteiger partial charge in [-0.05, 0) is 44.9 Å². The molecule has 1 fully saturated rings. The van der Waals surface area contributed by atoms with Gasteiger partial charge >= 0.3 is 5.56 Å². The van der Waals surface area contributed by atoms with Gasteiger partial charge in [-0.2, -0.15) is 4.98 Å². The summed E-state index contributed by atoms with van der Waals surface area (Å²) in [5, 5.41) is 10.3. The predicted molar refractivity (Wildman–Crippen MR) is 116 cm³/mol. The second kappa shape index (κ2) is 9.59. The Morgan fingerprint density at radius 3 is 2.62 bits per heavy atom. The molecule has 2 atom stereocenters. The topological polar surface area (TPSA) is 75.4 Å². The minimum Gasteiger partial charge on any atom is -0.502 e. The highest BCUT2D eigenvalue weighted by atomic mass is 16.3. The third-order valence-electron chi connectivity index (χ3n) is 6.58. The van der Waals surface area contributed by atoms with E-state index in [1.54, 1.807) is 13.8 Å². The van der Waals surface area contributed by atoms with E-state index < -0.39 is 5.56 Å². The lowest BCUT2D eigenvalue weighted by Crippen LogP contribution is -2.45. The first-order valence-corrected chi connectivity index (χ1v) is 10.8. The zero-order chi connectivity index (χ0) is 21.8. The van der Waals surface area contributed by atoms with Gasteiger partial charge in [0, 0.05) is 32.5 Å². The number of amides is 1. The van der Waals surface area contributed by atoms with Crippen molar-refractivity contribution >= 4 is 5.91 Å². The summed E-state index contributed by atoms with van der Waals surface area (Å²) < 4.78 is 1.95. The summed E-state index contributed by atoms with van der Waals surface area (Å²) in [4.78, 5) is 30.6. The van der Waals surface area contributed by atoms with Crippen LogP contribution in [0.1, 0.15) is 77.7 Å². The van der Waals surface area contributed by atoms with Gasteiger partial charge < -0.3 is 14.6 Å². The lowest BCUT2D eigenvalue weighted by atomic mass is 9.76. The van der Waals surface area contributed by atoms with Crippen LogP contribution in [0.25, 0.3) is 0 Å². The van der Waals surface area contributed by atoms with Crippen LogP contribution in [0.3, 0.4) is 0 Å². The number of hydrogen-bond acceptors (Lipinski definition) is 4. The monoisotopic (exact) mass is 403 g/mol. The first kappa shape index (κ1) is 23.2. The lowest BCUT2D eigenvalue weighted by molar-refractivity contribution is -0.132. The molecule has 0 radical (unpaired) electrons. The number of carbonyl (C=O) groups is 1. The van der Waals surface area contributed by atoms with Crippen molar-refractivity contribution in [3.8, 4) is 5.75 Å². The number of unbranched alkanes of at least 4 members (excludes halogenated alkanes) is 1. The fraction of sp³-hybridized carbons (Fsp3) is 0.696. The van der Waals surface area contributed by atoms with Gasteiger partial charge in [-0.15, -0.1) is 0 Å². The van der Waals surface area contributed by atoms with E-state index in [1.807, 2.05) is 16.4 Å². The van der Waals surface area contributed by atoms with Gasteiger partial charge in [0.2, 0.25) is 11.7 Å². The number of carbonyl (C=O) groups excluding carboxylic acids is 1. The SMILES string of the molecule is C=C(C)C(C)(CCCC)Cc1nc(=O)c(O)c(C)n1CC1CCCCN1C(C)=O. The van der Waals surface area contributed by atoms with Crippen LogP contribution in [0.15, 0.2) is 16.9 Å². The van der Waals surface area contributed by atoms with Crippen LogP contribution >= 0.6 is 0 Å². The molecule has 1 aromatic rings. The van der Waals surface area contributed by atoms with E-state index in [0.29, 0.717) is 24.5 Å². The summed E-state index contributed by atoms with van der Waals surface area (Å²) in [6.07, 6.45) is 6.73. The van der Waals surface area contributed by atoms with Gasteiger partial charge in [-0.3, -0.25) is 9.59 Å². The van der Waals surface area contributed by atoms with Gasteiger partial charge in [-0.25, -0.2) is 0 Å². The number of nitrogens with zero attached hydrogens (tertiary/aromatic N) is 3. The number of allylic oxidation sites excluding steroid dienone is 1. The van der Waals surface area contributed by atoms with Gasteiger partial charge in [-0.1, -0.05) is 38.8 Å². The summed E-state index contributed by atoms with van der Waals surface area (Å²) in [5.74, 6) is 0.437. The van der Waals surface area contributed by atoms with Crippen molar-refractivity contribution < 1.29 is 9.90 Å². The molecule has 0 spiro atoms. The smallest absolute Gasteiger partial charge is 0.315 e. The van der Waals surface area contributed by atoms with E-state index in [-0.39, 0.29) is 23.1 Å². The normalized spacial score (nSPS) is 19.1. The Labute approximate surface area is 174 Å². The first-order valence-electron chi connectivity index (χ1n) is 10.8. The first-order chi connectivity index (χ1) is 13.6. The van der Waals surface area contributed by atoms with Gasteiger partial charge in [0.15, 0.2) is 0 Å². The quantitative estimate of drug-likeness (QED) is 0.666. The van der Waals surface area contributed by atoms with Crippen LogP contribution in [0, 0.1) is 12.3 Å². The highest BCUT2D eigenvalue weighted by molar-refractivity contribution is 5.73. The average Bonchev–Trinajstić information content (AvgIpc) is 2.67. The summed E-state index contributed by atoms with van der Waals surface area (Å²) in [6, 6.07) is 0.0501. The summed E-state index contributed by atoms with van der Waals surface area (Å²) >= 11 is 0. The fourth-order valence-electron chi connectivity index (χ4n) is 4.27. The van der Waals surface area contributed by atoms with E-state index in [1.165, 1.54) is 0 Å². The van der Waals surface area contributed by atoms with Crippen LogP contribution in [-0.2, 0) is 17.8 Å². The maximum Gasteiger partial charge on any atom is 0.315 e. The molecule has 1 amide bonds. The molecule has 162 valence electrons. The van der Waals surface area contributed by atoms with E-state index in [2.05, 4.69) is 25.4 Å². The molecule has 0 bridgehead atoms. The maximum absolute atomic E-state index is 12.3. The highest BCUT2D eigenvalue weighted by Crippen LogP contribution is 2.35. The molecule has 6 heteroatoms. The molecule has 1 aliphatic heterocycles. The lowest BCUT2D eigenvalue weighted by Gasteiger charge is -2.37. The molecule has 1 saturated heterocycles. The van der Waals surface area contributed by atoms with Crippen molar-refractivity contribution in [2.45, 2.75) is 92.2 Å². The Morgan fingerprint density at radius 2 is 2.03 bits per heavy atom. The number of likely N-dealkylation sites (tertiary alicyclic amines) is 1. The maximum atomic E-state index is 12.3. The molecular formula is C23H37N3O3. The number of rotatable bonds is 8. The number of hydrogen-bond donors (Lipinski definition) is 1. The minimum atomic E-state index is -0.583. The molecular weight excluding hydrogens is 366 g/mol. The third kappa shape index (κ3) is 5.28. The van der Waals surface area contributed by atoms with E-state index in [0.717, 1.165) is 50.6 Å². The molecule has 0 aliphatic carbocycles. The highest BCUT2D eigenvalue weighted by Gasteiger charge is 2.30. The number of piperidine rings is 1. The summed E-state index contributed by atoms with van der Waals surface area (Å²) in [6.45, 7) is 15.2. The van der Waals surface area contributed by atoms with Crippen molar-refractivity contribution in [1.29, 1.82) is 0 Å². The Kier molecular flexibility index (Phi) is 7.66. The molecule has 2 unspecified atom stereocenters. The molecule has 1 aliphatic rings. The molecule has 2 rings (SSSR count). The standard InChI is InChI=1S/C23H37N3O3/c1-7-8-12-23(6,16(2)3)14-20-24-22(29)21(28)17(4)26(20)15-19-11-9-10-13-25(19)18(5)27/h19,28H,2,7-15H2,1,3-6H3. The van der Waals surface area contributed by atoms with Crippen molar-refractivity contribution in [3.63, 3.8) is 0 Å². The number of aromatic nitrogens is 2. The van der Waals surface area contributed by atoms with Gasteiger partial charge in [0.25, 0.3) is 0 Å². The molecule has 2 heterocycles. The molecule has 1 N–H and O–H groups in total. The van der Waals surface area contributed by atoms with E-state index in [9.17, 15) is 14.7 Å². The van der Waals surface area contributed by atoms with Crippen LogP contribution in [-0.4, -0.2) is 38.1 Å². The molecule has 6 nitrogen and oxygen atoms in total. The van der Waals surface area contributed by atoms with E-state index >= 15 is 0 Å². The Bertz CT molecular complexity index is 814. The zero-order valence-corrected chi connectivity index (χ0v) is 18.8. The zero-order valence-electron chi connectivity index (χ0n) is 18.8. The van der Waals surface area contributed by atoms with Crippen molar-refractivity contribution in [2.75, 3.05) is 6.54 Å². The number of aromatic hydroxyl groups is 1. The van der Waals surface area contributed by atoms with Crippen molar-refractivity contribution in [1.82, 2.24) is 14.5 Å². The molecule has 1 aromatic heterocycles. The Morgan fingerprint density at radius 1 is 1.34 bits per heavy atom. The third-order valence-corrected chi connectivity index (χ3v) is 6.58. The Balaban J connectivity index is 2.46. The minimum absolute atomic E-state index is 0.0501. The largest absolute Gasteiger partial charge is 0.502 e. The van der Waals surface area contributed by atoms with Crippen LogP contribution in [0.5, 0.6) is 5.75 Å². The van der Waals surface area contributed by atoms with Gasteiger partial charge in [0.1, 0.15) is 5.82 Å². The fourth-order valence-corrected chi connectivity index (χ4v) is 4.27. The average molecular weight is 404 g/mol. The van der Waals surface area contributed by atoms with Gasteiger partial charge in [0.05, 0.1) is 5.69 Å². The molecule has 0 saturated carbocycles. The van der Waals surface area contributed by atoms with Crippen LogP contribution in [0.4, 0.5) is 0 Å². The van der Waals surface area contributed by atoms with Crippen LogP contribution in [0.2, 0.25) is 0 Å². The Hall–Kier alpha value is -2.11. The summed E-state index contributed by atoms with van der Waals surface area (Å²) in [5.41, 5.74) is 0.836. The second-order valence-electron chi connectivity index (χ2n) is 8.86. The predicted octanol–water partition coefficient (Wildman–Crippen LogP) is 3.97. The summed E-state index contributed by atoms with van der Waals surface area (Å²) in [7, 11) is 0. The van der Waals surface area contributed by atoms with Crippen molar-refractivity contribution in [3.05, 3.63) is 34.0 Å². The molecule has 29 heavy (non-hydrogen) atoms. The second-order valence-corrected chi connectivity index (χ2v) is 8.86. The van der Waals surface area contributed by atoms with E-state index in [4.69, 9.17) is 0 Å². The van der Waals surface area contributed by atoms with Crippen LogP contribution < -0.4 is 5.56 Å².